The maximum atomic E-state index is 3.64. The summed E-state index contributed by atoms with van der Waals surface area (Å²) in [6, 6.07) is 15.1. The van der Waals surface area contributed by atoms with E-state index in [1.807, 2.05) is 0 Å². The lowest BCUT2D eigenvalue weighted by atomic mass is 10.0. The summed E-state index contributed by atoms with van der Waals surface area (Å²) in [6.07, 6.45) is 0. The molecular weight excluding hydrogens is 286 g/mol. The third kappa shape index (κ3) is 2.75. The van der Waals surface area contributed by atoms with Crippen molar-refractivity contribution in [1.82, 2.24) is 0 Å². The standard InChI is InChI=1S/C16H18BrN/c1-11-7-4-5-9-14(11)13(3)18-15-10-6-8-12(2)16(15)17/h4-10,13,18H,1-3H3. The maximum Gasteiger partial charge on any atom is 0.0492 e. The molecule has 1 unspecified atom stereocenters. The van der Waals surface area contributed by atoms with Gasteiger partial charge in [0, 0.05) is 16.2 Å². The Balaban J connectivity index is 2.24. The molecule has 18 heavy (non-hydrogen) atoms. The highest BCUT2D eigenvalue weighted by Gasteiger charge is 2.09. The van der Waals surface area contributed by atoms with E-state index in [2.05, 4.69) is 84.5 Å². The van der Waals surface area contributed by atoms with E-state index < -0.39 is 0 Å². The number of rotatable bonds is 3. The Morgan fingerprint density at radius 2 is 1.61 bits per heavy atom. The maximum absolute atomic E-state index is 3.64. The van der Waals surface area contributed by atoms with Gasteiger partial charge >= 0.3 is 0 Å². The molecule has 0 aromatic heterocycles. The average molecular weight is 304 g/mol. The van der Waals surface area contributed by atoms with Gasteiger partial charge in [-0.3, -0.25) is 0 Å². The van der Waals surface area contributed by atoms with Crippen LogP contribution >= 0.6 is 15.9 Å². The lowest BCUT2D eigenvalue weighted by Crippen LogP contribution is -2.08. The fraction of sp³-hybridized carbons (Fsp3) is 0.250. The van der Waals surface area contributed by atoms with Gasteiger partial charge < -0.3 is 5.32 Å². The molecule has 0 amide bonds. The lowest BCUT2D eigenvalue weighted by molar-refractivity contribution is 0.872. The number of benzene rings is 2. The first-order chi connectivity index (χ1) is 8.59. The Labute approximate surface area is 117 Å². The molecule has 2 heteroatoms. The minimum Gasteiger partial charge on any atom is -0.378 e. The van der Waals surface area contributed by atoms with Crippen molar-refractivity contribution in [1.29, 1.82) is 0 Å². The molecule has 0 saturated heterocycles. The average Bonchev–Trinajstić information content (AvgIpc) is 2.35. The number of hydrogen-bond acceptors (Lipinski definition) is 1. The van der Waals surface area contributed by atoms with Crippen LogP contribution in [0.2, 0.25) is 0 Å². The first-order valence-electron chi connectivity index (χ1n) is 6.17. The largest absolute Gasteiger partial charge is 0.378 e. The van der Waals surface area contributed by atoms with Crippen LogP contribution in [0.1, 0.15) is 29.7 Å². The summed E-state index contributed by atoms with van der Waals surface area (Å²) in [5.41, 5.74) is 5.05. The zero-order valence-electron chi connectivity index (χ0n) is 11.0. The minimum atomic E-state index is 0.296. The van der Waals surface area contributed by atoms with E-state index in [4.69, 9.17) is 0 Å². The van der Waals surface area contributed by atoms with Gasteiger partial charge in [-0.05, 0) is 59.5 Å². The molecule has 0 spiro atoms. The summed E-state index contributed by atoms with van der Waals surface area (Å²) in [4.78, 5) is 0. The molecule has 0 aliphatic carbocycles. The number of hydrogen-bond donors (Lipinski definition) is 1. The summed E-state index contributed by atoms with van der Waals surface area (Å²) in [5, 5.41) is 3.56. The fourth-order valence-corrected chi connectivity index (χ4v) is 2.52. The molecule has 1 nitrogen and oxygen atoms in total. The van der Waals surface area contributed by atoms with E-state index in [9.17, 15) is 0 Å². The molecule has 0 heterocycles. The highest BCUT2D eigenvalue weighted by Crippen LogP contribution is 2.29. The summed E-state index contributed by atoms with van der Waals surface area (Å²) < 4.78 is 1.14. The van der Waals surface area contributed by atoms with E-state index in [1.54, 1.807) is 0 Å². The van der Waals surface area contributed by atoms with Crippen LogP contribution in [0.25, 0.3) is 0 Å². The van der Waals surface area contributed by atoms with E-state index in [0.717, 1.165) is 10.2 Å². The molecule has 2 aromatic carbocycles. The number of anilines is 1. The van der Waals surface area contributed by atoms with E-state index >= 15 is 0 Å². The van der Waals surface area contributed by atoms with Crippen molar-refractivity contribution in [3.63, 3.8) is 0 Å². The second-order valence-electron chi connectivity index (χ2n) is 4.66. The van der Waals surface area contributed by atoms with Crippen molar-refractivity contribution >= 4 is 21.6 Å². The third-order valence-electron chi connectivity index (χ3n) is 3.22. The predicted molar refractivity (Wildman–Crippen MR) is 82.1 cm³/mol. The highest BCUT2D eigenvalue weighted by atomic mass is 79.9. The Morgan fingerprint density at radius 3 is 2.33 bits per heavy atom. The molecule has 0 saturated carbocycles. The molecule has 0 aliphatic heterocycles. The van der Waals surface area contributed by atoms with Gasteiger partial charge in [0.1, 0.15) is 0 Å². The van der Waals surface area contributed by atoms with Crippen LogP contribution in [0, 0.1) is 13.8 Å². The summed E-state index contributed by atoms with van der Waals surface area (Å²) in [7, 11) is 0. The molecular formula is C16H18BrN. The zero-order valence-corrected chi connectivity index (χ0v) is 12.6. The first-order valence-corrected chi connectivity index (χ1v) is 6.96. The van der Waals surface area contributed by atoms with Crippen LogP contribution in [-0.4, -0.2) is 0 Å². The summed E-state index contributed by atoms with van der Waals surface area (Å²) in [6.45, 7) is 6.45. The number of nitrogens with one attached hydrogen (secondary N) is 1. The molecule has 0 bridgehead atoms. The van der Waals surface area contributed by atoms with Crippen molar-refractivity contribution in [2.75, 3.05) is 5.32 Å². The molecule has 0 fully saturated rings. The molecule has 0 aliphatic rings. The van der Waals surface area contributed by atoms with Crippen LogP contribution in [0.5, 0.6) is 0 Å². The van der Waals surface area contributed by atoms with Crippen molar-refractivity contribution in [3.05, 3.63) is 63.6 Å². The topological polar surface area (TPSA) is 12.0 Å². The molecule has 1 atom stereocenters. The van der Waals surface area contributed by atoms with Crippen molar-refractivity contribution in [2.24, 2.45) is 0 Å². The fourth-order valence-electron chi connectivity index (χ4n) is 2.14. The molecule has 0 radical (unpaired) electrons. The van der Waals surface area contributed by atoms with E-state index in [0.29, 0.717) is 6.04 Å². The van der Waals surface area contributed by atoms with Crippen LogP contribution in [0.15, 0.2) is 46.9 Å². The van der Waals surface area contributed by atoms with Crippen LogP contribution < -0.4 is 5.32 Å². The Kier molecular flexibility index (Phi) is 4.07. The van der Waals surface area contributed by atoms with Gasteiger partial charge in [0.15, 0.2) is 0 Å². The van der Waals surface area contributed by atoms with Gasteiger partial charge in [-0.15, -0.1) is 0 Å². The van der Waals surface area contributed by atoms with Crippen LogP contribution in [0.3, 0.4) is 0 Å². The smallest absolute Gasteiger partial charge is 0.0492 e. The monoisotopic (exact) mass is 303 g/mol. The van der Waals surface area contributed by atoms with Gasteiger partial charge in [-0.25, -0.2) is 0 Å². The normalized spacial score (nSPS) is 12.2. The van der Waals surface area contributed by atoms with Gasteiger partial charge in [-0.1, -0.05) is 36.4 Å². The Bertz CT molecular complexity index is 549. The van der Waals surface area contributed by atoms with E-state index in [1.165, 1.54) is 16.7 Å². The minimum absolute atomic E-state index is 0.296. The van der Waals surface area contributed by atoms with Crippen LogP contribution in [0.4, 0.5) is 5.69 Å². The molecule has 2 aromatic rings. The number of aryl methyl sites for hydroxylation is 2. The predicted octanol–water partition coefficient (Wildman–Crippen LogP) is 5.24. The quantitative estimate of drug-likeness (QED) is 0.817. The summed E-state index contributed by atoms with van der Waals surface area (Å²) in [5.74, 6) is 0. The highest BCUT2D eigenvalue weighted by molar-refractivity contribution is 9.10. The first kappa shape index (κ1) is 13.2. The van der Waals surface area contributed by atoms with Gasteiger partial charge in [0.05, 0.1) is 0 Å². The van der Waals surface area contributed by atoms with Crippen molar-refractivity contribution in [3.8, 4) is 0 Å². The van der Waals surface area contributed by atoms with Gasteiger partial charge in [-0.2, -0.15) is 0 Å². The Morgan fingerprint density at radius 1 is 0.944 bits per heavy atom. The molecule has 1 N–H and O–H groups in total. The summed E-state index contributed by atoms with van der Waals surface area (Å²) >= 11 is 3.64. The lowest BCUT2D eigenvalue weighted by Gasteiger charge is -2.19. The second kappa shape index (κ2) is 5.57. The van der Waals surface area contributed by atoms with Gasteiger partial charge in [0.2, 0.25) is 0 Å². The van der Waals surface area contributed by atoms with Crippen molar-refractivity contribution in [2.45, 2.75) is 26.8 Å². The SMILES string of the molecule is Cc1ccccc1C(C)Nc1cccc(C)c1Br. The number of halogens is 1. The third-order valence-corrected chi connectivity index (χ3v) is 4.27. The Hall–Kier alpha value is -1.28. The van der Waals surface area contributed by atoms with Crippen molar-refractivity contribution < 1.29 is 0 Å². The second-order valence-corrected chi connectivity index (χ2v) is 5.45. The van der Waals surface area contributed by atoms with E-state index in [-0.39, 0.29) is 0 Å². The van der Waals surface area contributed by atoms with Crippen LogP contribution in [-0.2, 0) is 0 Å². The molecule has 2 rings (SSSR count). The zero-order chi connectivity index (χ0) is 13.1. The van der Waals surface area contributed by atoms with Gasteiger partial charge in [0.25, 0.3) is 0 Å². The molecule has 94 valence electrons.